The van der Waals surface area contributed by atoms with Crippen LogP contribution in [0.3, 0.4) is 0 Å². The molecule has 1 saturated heterocycles. The number of rotatable bonds is 3. The lowest BCUT2D eigenvalue weighted by atomic mass is 10.1. The lowest BCUT2D eigenvalue weighted by Crippen LogP contribution is -2.32. The van der Waals surface area contributed by atoms with Crippen molar-refractivity contribution in [2.45, 2.75) is 25.8 Å². The standard InChI is InChI=1S/C17H20N4O2/c1-11-5-3-6-13(19-11)14-7-4-8-21(14)17(23)15-9-12(16(18)22)10-20(15)2/h3,5-6,9-10,14H,4,7-8H2,1-2H3,(H2,18,22). The summed E-state index contributed by atoms with van der Waals surface area (Å²) in [7, 11) is 1.75. The third-order valence-electron chi connectivity index (χ3n) is 4.27. The number of primary amides is 1. The molecule has 1 fully saturated rings. The van der Waals surface area contributed by atoms with Crippen molar-refractivity contribution in [3.63, 3.8) is 0 Å². The van der Waals surface area contributed by atoms with Crippen LogP contribution in [0.2, 0.25) is 0 Å². The summed E-state index contributed by atoms with van der Waals surface area (Å²) in [4.78, 5) is 30.6. The van der Waals surface area contributed by atoms with Crippen molar-refractivity contribution in [2.75, 3.05) is 6.54 Å². The number of aromatic nitrogens is 2. The summed E-state index contributed by atoms with van der Waals surface area (Å²) in [6.07, 6.45) is 3.43. The summed E-state index contributed by atoms with van der Waals surface area (Å²) in [5.41, 5.74) is 7.97. The molecule has 1 unspecified atom stereocenters. The average molecular weight is 312 g/mol. The van der Waals surface area contributed by atoms with Crippen LogP contribution >= 0.6 is 0 Å². The number of aryl methyl sites for hydroxylation is 2. The van der Waals surface area contributed by atoms with E-state index in [0.717, 1.165) is 24.2 Å². The number of pyridine rings is 1. The van der Waals surface area contributed by atoms with Crippen molar-refractivity contribution >= 4 is 11.8 Å². The minimum Gasteiger partial charge on any atom is -0.366 e. The molecule has 2 aromatic heterocycles. The van der Waals surface area contributed by atoms with Crippen molar-refractivity contribution in [3.8, 4) is 0 Å². The molecule has 2 N–H and O–H groups in total. The minimum atomic E-state index is -0.530. The summed E-state index contributed by atoms with van der Waals surface area (Å²) < 4.78 is 1.65. The van der Waals surface area contributed by atoms with Gasteiger partial charge in [0.1, 0.15) is 5.69 Å². The third kappa shape index (κ3) is 2.84. The van der Waals surface area contributed by atoms with E-state index in [2.05, 4.69) is 4.98 Å². The number of hydrogen-bond acceptors (Lipinski definition) is 3. The number of hydrogen-bond donors (Lipinski definition) is 1. The maximum atomic E-state index is 12.9. The Balaban J connectivity index is 1.91. The van der Waals surface area contributed by atoms with Crippen LogP contribution in [0.15, 0.2) is 30.5 Å². The summed E-state index contributed by atoms with van der Waals surface area (Å²) in [5.74, 6) is -0.622. The lowest BCUT2D eigenvalue weighted by molar-refractivity contribution is 0.0723. The summed E-state index contributed by atoms with van der Waals surface area (Å²) in [6, 6.07) is 7.41. The summed E-state index contributed by atoms with van der Waals surface area (Å²) in [5, 5.41) is 0. The van der Waals surface area contributed by atoms with Crippen molar-refractivity contribution in [2.24, 2.45) is 12.8 Å². The number of carbonyl (C=O) groups excluding carboxylic acids is 2. The first-order chi connectivity index (χ1) is 11.0. The molecular weight excluding hydrogens is 292 g/mol. The number of likely N-dealkylation sites (tertiary alicyclic amines) is 1. The normalized spacial score (nSPS) is 17.5. The van der Waals surface area contributed by atoms with E-state index in [0.29, 0.717) is 17.8 Å². The van der Waals surface area contributed by atoms with Gasteiger partial charge in [-0.3, -0.25) is 14.6 Å². The van der Waals surface area contributed by atoms with E-state index in [9.17, 15) is 9.59 Å². The van der Waals surface area contributed by atoms with Crippen molar-refractivity contribution in [1.82, 2.24) is 14.5 Å². The molecule has 0 aliphatic carbocycles. The van der Waals surface area contributed by atoms with Crippen LogP contribution in [-0.2, 0) is 7.05 Å². The van der Waals surface area contributed by atoms with Gasteiger partial charge >= 0.3 is 0 Å². The highest BCUT2D eigenvalue weighted by molar-refractivity contribution is 5.99. The molecule has 1 aliphatic rings. The molecule has 3 rings (SSSR count). The molecule has 0 spiro atoms. The van der Waals surface area contributed by atoms with E-state index in [4.69, 9.17) is 5.73 Å². The Morgan fingerprint density at radius 2 is 2.13 bits per heavy atom. The molecule has 1 aliphatic heterocycles. The Kier molecular flexibility index (Phi) is 3.90. The van der Waals surface area contributed by atoms with Gasteiger partial charge in [-0.25, -0.2) is 0 Å². The maximum absolute atomic E-state index is 12.9. The fourth-order valence-corrected chi connectivity index (χ4v) is 3.13. The van der Waals surface area contributed by atoms with E-state index in [1.54, 1.807) is 23.9 Å². The number of nitrogens with zero attached hydrogens (tertiary/aromatic N) is 3. The molecule has 0 saturated carbocycles. The quantitative estimate of drug-likeness (QED) is 0.938. The molecular formula is C17H20N4O2. The topological polar surface area (TPSA) is 81.2 Å². The molecule has 2 amide bonds. The highest BCUT2D eigenvalue weighted by atomic mass is 16.2. The number of carbonyl (C=O) groups is 2. The molecule has 0 aromatic carbocycles. The predicted octanol–water partition coefficient (Wildman–Crippen LogP) is 1.80. The van der Waals surface area contributed by atoms with Crippen LogP contribution in [0.25, 0.3) is 0 Å². The molecule has 2 aromatic rings. The molecule has 23 heavy (non-hydrogen) atoms. The van der Waals surface area contributed by atoms with Crippen LogP contribution in [0.5, 0.6) is 0 Å². The smallest absolute Gasteiger partial charge is 0.271 e. The Hall–Kier alpha value is -2.63. The molecule has 6 nitrogen and oxygen atoms in total. The zero-order valence-corrected chi connectivity index (χ0v) is 13.3. The molecule has 0 radical (unpaired) electrons. The van der Waals surface area contributed by atoms with Gasteiger partial charge < -0.3 is 15.2 Å². The Bertz CT molecular complexity index is 766. The van der Waals surface area contributed by atoms with Crippen LogP contribution in [-0.4, -0.2) is 32.8 Å². The first kappa shape index (κ1) is 15.3. The minimum absolute atomic E-state index is 0.0191. The number of nitrogens with two attached hydrogens (primary N) is 1. The molecule has 3 heterocycles. The van der Waals surface area contributed by atoms with Gasteiger partial charge in [0.2, 0.25) is 5.91 Å². The van der Waals surface area contributed by atoms with Crippen LogP contribution in [0.4, 0.5) is 0 Å². The third-order valence-corrected chi connectivity index (χ3v) is 4.27. The summed E-state index contributed by atoms with van der Waals surface area (Å²) in [6.45, 7) is 2.64. The largest absolute Gasteiger partial charge is 0.366 e. The van der Waals surface area contributed by atoms with Crippen LogP contribution in [0.1, 0.15) is 51.1 Å². The fraction of sp³-hybridized carbons (Fsp3) is 0.353. The van der Waals surface area contributed by atoms with Gasteiger partial charge in [-0.1, -0.05) is 6.07 Å². The van der Waals surface area contributed by atoms with Gasteiger partial charge in [-0.05, 0) is 38.0 Å². The van der Waals surface area contributed by atoms with E-state index in [1.807, 2.05) is 30.0 Å². The second-order valence-corrected chi connectivity index (χ2v) is 5.95. The maximum Gasteiger partial charge on any atom is 0.271 e. The SMILES string of the molecule is Cc1cccc(C2CCCN2C(=O)c2cc(C(N)=O)cn2C)n1. The van der Waals surface area contributed by atoms with Gasteiger partial charge in [0, 0.05) is 25.5 Å². The molecule has 1 atom stereocenters. The predicted molar refractivity (Wildman–Crippen MR) is 85.9 cm³/mol. The van der Waals surface area contributed by atoms with E-state index < -0.39 is 5.91 Å². The van der Waals surface area contributed by atoms with Gasteiger partial charge in [0.05, 0.1) is 17.3 Å². The zero-order valence-electron chi connectivity index (χ0n) is 13.3. The van der Waals surface area contributed by atoms with Gasteiger partial charge in [-0.15, -0.1) is 0 Å². The van der Waals surface area contributed by atoms with Crippen molar-refractivity contribution in [1.29, 1.82) is 0 Å². The first-order valence-corrected chi connectivity index (χ1v) is 7.68. The Morgan fingerprint density at radius 1 is 1.35 bits per heavy atom. The van der Waals surface area contributed by atoms with Gasteiger partial charge in [-0.2, -0.15) is 0 Å². The second kappa shape index (κ2) is 5.87. The van der Waals surface area contributed by atoms with Gasteiger partial charge in [0.25, 0.3) is 5.91 Å². The highest BCUT2D eigenvalue weighted by Crippen LogP contribution is 2.32. The highest BCUT2D eigenvalue weighted by Gasteiger charge is 2.32. The van der Waals surface area contributed by atoms with Crippen LogP contribution in [0, 0.1) is 6.92 Å². The zero-order chi connectivity index (χ0) is 16.6. The number of amides is 2. The van der Waals surface area contributed by atoms with Crippen LogP contribution < -0.4 is 5.73 Å². The molecule has 6 heteroatoms. The Labute approximate surface area is 134 Å². The average Bonchev–Trinajstić information content (AvgIpc) is 3.13. The Morgan fingerprint density at radius 3 is 2.78 bits per heavy atom. The van der Waals surface area contributed by atoms with Gasteiger partial charge in [0.15, 0.2) is 0 Å². The molecule has 120 valence electrons. The molecule has 0 bridgehead atoms. The fourth-order valence-electron chi connectivity index (χ4n) is 3.13. The first-order valence-electron chi connectivity index (χ1n) is 7.68. The monoisotopic (exact) mass is 312 g/mol. The lowest BCUT2D eigenvalue weighted by Gasteiger charge is -2.24. The van der Waals surface area contributed by atoms with Crippen molar-refractivity contribution < 1.29 is 9.59 Å². The van der Waals surface area contributed by atoms with Crippen molar-refractivity contribution in [3.05, 3.63) is 53.1 Å². The van der Waals surface area contributed by atoms with E-state index >= 15 is 0 Å². The second-order valence-electron chi connectivity index (χ2n) is 5.95. The summed E-state index contributed by atoms with van der Waals surface area (Å²) >= 11 is 0. The van der Waals surface area contributed by atoms with E-state index in [-0.39, 0.29) is 11.9 Å². The van der Waals surface area contributed by atoms with E-state index in [1.165, 1.54) is 0 Å².